The van der Waals surface area contributed by atoms with E-state index in [0.29, 0.717) is 12.2 Å². The molecule has 0 saturated heterocycles. The Labute approximate surface area is 180 Å². The highest BCUT2D eigenvalue weighted by atomic mass is 16.5. The maximum Gasteiger partial charge on any atom is 0.338 e. The summed E-state index contributed by atoms with van der Waals surface area (Å²) < 4.78 is 5.24. The van der Waals surface area contributed by atoms with Crippen LogP contribution >= 0.6 is 0 Å². The monoisotopic (exact) mass is 417 g/mol. The molecule has 3 aromatic rings. The van der Waals surface area contributed by atoms with Gasteiger partial charge in [-0.3, -0.25) is 4.79 Å². The van der Waals surface area contributed by atoms with Crippen molar-refractivity contribution in [2.45, 2.75) is 13.5 Å². The van der Waals surface area contributed by atoms with Crippen LogP contribution in [0, 0.1) is 6.92 Å². The van der Waals surface area contributed by atoms with Crippen LogP contribution in [0.3, 0.4) is 0 Å². The summed E-state index contributed by atoms with van der Waals surface area (Å²) >= 11 is 0. The van der Waals surface area contributed by atoms with E-state index in [1.807, 2.05) is 61.5 Å². The van der Waals surface area contributed by atoms with Gasteiger partial charge in [-0.2, -0.15) is 0 Å². The lowest BCUT2D eigenvalue weighted by atomic mass is 10.1. The van der Waals surface area contributed by atoms with E-state index in [-0.39, 0.29) is 11.5 Å². The predicted molar refractivity (Wildman–Crippen MR) is 119 cm³/mol. The molecule has 0 unspecified atom stereocenters. The minimum absolute atomic E-state index is 0.257. The SMILES string of the molecule is Cc1cccc(N(Cc2ccccc2)C(=O)COC(=O)c2ccc(NC(N)=O)cc2)c1. The van der Waals surface area contributed by atoms with Crippen LogP contribution in [-0.4, -0.2) is 24.5 Å². The summed E-state index contributed by atoms with van der Waals surface area (Å²) in [5.74, 6) is -0.974. The molecular formula is C24H23N3O4. The number of nitrogens with zero attached hydrogens (tertiary/aromatic N) is 1. The van der Waals surface area contributed by atoms with Crippen LogP contribution in [0.5, 0.6) is 0 Å². The summed E-state index contributed by atoms with van der Waals surface area (Å²) in [5.41, 5.74) is 8.48. The molecule has 0 aliphatic heterocycles. The van der Waals surface area contributed by atoms with Crippen LogP contribution in [0.25, 0.3) is 0 Å². The van der Waals surface area contributed by atoms with Gasteiger partial charge in [-0.15, -0.1) is 0 Å². The highest BCUT2D eigenvalue weighted by molar-refractivity contribution is 5.97. The average Bonchev–Trinajstić information content (AvgIpc) is 2.76. The first-order valence-electron chi connectivity index (χ1n) is 9.67. The largest absolute Gasteiger partial charge is 0.452 e. The first kappa shape index (κ1) is 21.6. The first-order chi connectivity index (χ1) is 14.9. The van der Waals surface area contributed by atoms with Gasteiger partial charge in [-0.1, -0.05) is 42.5 Å². The molecule has 0 aliphatic carbocycles. The molecule has 0 aliphatic rings. The quantitative estimate of drug-likeness (QED) is 0.570. The molecule has 0 bridgehead atoms. The van der Waals surface area contributed by atoms with E-state index >= 15 is 0 Å². The second-order valence-corrected chi connectivity index (χ2v) is 6.95. The van der Waals surface area contributed by atoms with Gasteiger partial charge in [-0.25, -0.2) is 9.59 Å². The highest BCUT2D eigenvalue weighted by Crippen LogP contribution is 2.19. The Balaban J connectivity index is 1.69. The maximum absolute atomic E-state index is 13.0. The van der Waals surface area contributed by atoms with Crippen molar-refractivity contribution in [1.29, 1.82) is 0 Å². The molecule has 3 amide bonds. The van der Waals surface area contributed by atoms with Crippen LogP contribution < -0.4 is 16.0 Å². The number of carbonyl (C=O) groups is 3. The van der Waals surface area contributed by atoms with Gasteiger partial charge in [0.2, 0.25) is 0 Å². The number of aryl methyl sites for hydroxylation is 1. The lowest BCUT2D eigenvalue weighted by Gasteiger charge is -2.23. The number of rotatable bonds is 7. The molecule has 3 aromatic carbocycles. The van der Waals surface area contributed by atoms with E-state index in [1.165, 1.54) is 24.3 Å². The van der Waals surface area contributed by atoms with Crippen LogP contribution in [0.4, 0.5) is 16.2 Å². The Morgan fingerprint density at radius 3 is 2.29 bits per heavy atom. The van der Waals surface area contributed by atoms with Gasteiger partial charge < -0.3 is 20.7 Å². The molecule has 0 aromatic heterocycles. The van der Waals surface area contributed by atoms with Gasteiger partial charge >= 0.3 is 12.0 Å². The number of ether oxygens (including phenoxy) is 1. The number of hydrogen-bond donors (Lipinski definition) is 2. The molecule has 0 spiro atoms. The van der Waals surface area contributed by atoms with E-state index in [2.05, 4.69) is 5.32 Å². The highest BCUT2D eigenvalue weighted by Gasteiger charge is 2.19. The Kier molecular flexibility index (Phi) is 7.01. The zero-order valence-corrected chi connectivity index (χ0v) is 17.1. The Morgan fingerprint density at radius 2 is 1.65 bits per heavy atom. The van der Waals surface area contributed by atoms with Gasteiger partial charge in [-0.05, 0) is 54.4 Å². The summed E-state index contributed by atoms with van der Waals surface area (Å²) in [7, 11) is 0. The molecule has 7 nitrogen and oxygen atoms in total. The van der Waals surface area contributed by atoms with Crippen molar-refractivity contribution in [3.8, 4) is 0 Å². The Bertz CT molecular complexity index is 1070. The summed E-state index contributed by atoms with van der Waals surface area (Å²) in [5, 5.41) is 2.41. The van der Waals surface area contributed by atoms with Gasteiger partial charge in [0.05, 0.1) is 12.1 Å². The molecule has 3 rings (SSSR count). The summed E-state index contributed by atoms with van der Waals surface area (Å²) in [6.45, 7) is 1.90. The van der Waals surface area contributed by atoms with Gasteiger partial charge in [0.1, 0.15) is 0 Å². The number of nitrogens with one attached hydrogen (secondary N) is 1. The molecule has 0 saturated carbocycles. The average molecular weight is 417 g/mol. The fourth-order valence-electron chi connectivity index (χ4n) is 3.01. The molecule has 0 heterocycles. The molecule has 158 valence electrons. The van der Waals surface area contributed by atoms with Gasteiger partial charge in [0.25, 0.3) is 5.91 Å². The van der Waals surface area contributed by atoms with Crippen molar-refractivity contribution < 1.29 is 19.1 Å². The predicted octanol–water partition coefficient (Wildman–Crippen LogP) is 3.88. The van der Waals surface area contributed by atoms with E-state index in [1.54, 1.807) is 4.90 Å². The van der Waals surface area contributed by atoms with Crippen molar-refractivity contribution in [2.24, 2.45) is 5.73 Å². The molecule has 0 fully saturated rings. The summed E-state index contributed by atoms with van der Waals surface area (Å²) in [6, 6.07) is 22.5. The minimum Gasteiger partial charge on any atom is -0.452 e. The molecule has 31 heavy (non-hydrogen) atoms. The Hall–Kier alpha value is -4.13. The van der Waals surface area contributed by atoms with Crippen molar-refractivity contribution in [1.82, 2.24) is 0 Å². The number of amides is 3. The molecule has 7 heteroatoms. The van der Waals surface area contributed by atoms with Crippen molar-refractivity contribution in [2.75, 3.05) is 16.8 Å². The second-order valence-electron chi connectivity index (χ2n) is 6.95. The standard InChI is InChI=1S/C24H23N3O4/c1-17-6-5-9-21(14-17)27(15-18-7-3-2-4-8-18)22(28)16-31-23(29)19-10-12-20(13-11-19)26-24(25)30/h2-14H,15-16H2,1H3,(H3,25,26,30). The second kappa shape index (κ2) is 10.1. The van der Waals surface area contributed by atoms with E-state index in [9.17, 15) is 14.4 Å². The lowest BCUT2D eigenvalue weighted by molar-refractivity contribution is -0.121. The number of anilines is 2. The number of carbonyl (C=O) groups excluding carboxylic acids is 3. The summed E-state index contributed by atoms with van der Waals surface area (Å²) in [4.78, 5) is 37.8. The lowest BCUT2D eigenvalue weighted by Crippen LogP contribution is -2.34. The van der Waals surface area contributed by atoms with E-state index < -0.39 is 18.6 Å². The van der Waals surface area contributed by atoms with Gasteiger partial charge in [0, 0.05) is 11.4 Å². The van der Waals surface area contributed by atoms with Crippen LogP contribution in [0.15, 0.2) is 78.9 Å². The third-order valence-corrected chi connectivity index (χ3v) is 4.51. The van der Waals surface area contributed by atoms with E-state index in [0.717, 1.165) is 16.8 Å². The maximum atomic E-state index is 13.0. The fraction of sp³-hybridized carbons (Fsp3) is 0.125. The summed E-state index contributed by atoms with van der Waals surface area (Å²) in [6.07, 6.45) is 0. The molecule has 0 atom stereocenters. The first-order valence-corrected chi connectivity index (χ1v) is 9.67. The minimum atomic E-state index is -0.699. The van der Waals surface area contributed by atoms with Crippen LogP contribution in [0.1, 0.15) is 21.5 Å². The van der Waals surface area contributed by atoms with Crippen molar-refractivity contribution in [3.05, 3.63) is 95.6 Å². The topological polar surface area (TPSA) is 102 Å². The molecule has 3 N–H and O–H groups in total. The fourth-order valence-corrected chi connectivity index (χ4v) is 3.01. The zero-order valence-electron chi connectivity index (χ0n) is 17.1. The van der Waals surface area contributed by atoms with Crippen molar-refractivity contribution in [3.63, 3.8) is 0 Å². The number of urea groups is 1. The number of esters is 1. The molecule has 0 radical (unpaired) electrons. The van der Waals surface area contributed by atoms with Crippen LogP contribution in [-0.2, 0) is 16.1 Å². The van der Waals surface area contributed by atoms with E-state index in [4.69, 9.17) is 10.5 Å². The third kappa shape index (κ3) is 6.17. The van der Waals surface area contributed by atoms with Gasteiger partial charge in [0.15, 0.2) is 6.61 Å². The smallest absolute Gasteiger partial charge is 0.338 e. The normalized spacial score (nSPS) is 10.2. The number of benzene rings is 3. The Morgan fingerprint density at radius 1 is 0.935 bits per heavy atom. The third-order valence-electron chi connectivity index (χ3n) is 4.51. The van der Waals surface area contributed by atoms with Crippen molar-refractivity contribution >= 4 is 29.3 Å². The zero-order chi connectivity index (χ0) is 22.2. The number of hydrogen-bond acceptors (Lipinski definition) is 4. The number of nitrogens with two attached hydrogens (primary N) is 1. The molecular weight excluding hydrogens is 394 g/mol. The number of primary amides is 1. The van der Waals surface area contributed by atoms with Crippen LogP contribution in [0.2, 0.25) is 0 Å².